The van der Waals surface area contributed by atoms with Crippen molar-refractivity contribution in [2.45, 2.75) is 25.8 Å². The molecule has 0 saturated carbocycles. The summed E-state index contributed by atoms with van der Waals surface area (Å²) in [7, 11) is 0. The van der Waals surface area contributed by atoms with E-state index in [1.807, 2.05) is 0 Å². The monoisotopic (exact) mass is 213 g/mol. The van der Waals surface area contributed by atoms with Crippen LogP contribution in [0.1, 0.15) is 19.8 Å². The van der Waals surface area contributed by atoms with Gasteiger partial charge in [-0.15, -0.1) is 0 Å². The minimum atomic E-state index is -0.279. The number of nitrogens with one attached hydrogen (secondary N) is 1. The third-order valence-corrected chi connectivity index (χ3v) is 2.23. The van der Waals surface area contributed by atoms with E-state index in [-0.39, 0.29) is 5.97 Å². The molecule has 86 valence electrons. The van der Waals surface area contributed by atoms with Crippen molar-refractivity contribution in [1.29, 1.82) is 0 Å². The van der Waals surface area contributed by atoms with Crippen LogP contribution in [-0.2, 0) is 14.3 Å². The Morgan fingerprint density at radius 3 is 3.20 bits per heavy atom. The Hall–Kier alpha value is -0.870. The van der Waals surface area contributed by atoms with E-state index in [1.54, 1.807) is 13.0 Å². The zero-order chi connectivity index (χ0) is 10.9. The summed E-state index contributed by atoms with van der Waals surface area (Å²) >= 11 is 0. The van der Waals surface area contributed by atoms with Crippen molar-refractivity contribution in [2.24, 2.45) is 0 Å². The second-order valence-electron chi connectivity index (χ2n) is 3.48. The topological polar surface area (TPSA) is 47.6 Å². The standard InChI is InChI=1S/C11H19NO3/c1-2-15-11(13)6-3-7-12-10-5-4-8-14-9-10/h3,6,10,12H,2,4-5,7-9H2,1H3/b6-3+. The fraction of sp³-hybridized carbons (Fsp3) is 0.727. The molecule has 0 bridgehead atoms. The first-order valence-corrected chi connectivity index (χ1v) is 5.47. The second kappa shape index (κ2) is 7.43. The van der Waals surface area contributed by atoms with Crippen LogP contribution in [0.15, 0.2) is 12.2 Å². The zero-order valence-electron chi connectivity index (χ0n) is 9.20. The maximum atomic E-state index is 10.9. The van der Waals surface area contributed by atoms with Gasteiger partial charge in [-0.1, -0.05) is 6.08 Å². The lowest BCUT2D eigenvalue weighted by Crippen LogP contribution is -2.36. The first kappa shape index (κ1) is 12.2. The molecule has 0 aromatic carbocycles. The predicted molar refractivity (Wildman–Crippen MR) is 57.6 cm³/mol. The molecule has 1 unspecified atom stereocenters. The van der Waals surface area contributed by atoms with Crippen LogP contribution in [0.5, 0.6) is 0 Å². The van der Waals surface area contributed by atoms with Gasteiger partial charge < -0.3 is 14.8 Å². The van der Waals surface area contributed by atoms with E-state index in [1.165, 1.54) is 6.08 Å². The zero-order valence-corrected chi connectivity index (χ0v) is 9.20. The van der Waals surface area contributed by atoms with Crippen LogP contribution in [0.4, 0.5) is 0 Å². The molecule has 0 radical (unpaired) electrons. The number of esters is 1. The maximum absolute atomic E-state index is 10.9. The van der Waals surface area contributed by atoms with Crippen molar-refractivity contribution in [3.63, 3.8) is 0 Å². The Kier molecular flexibility index (Phi) is 6.04. The molecule has 1 saturated heterocycles. The number of ether oxygens (including phenoxy) is 2. The Morgan fingerprint density at radius 2 is 2.53 bits per heavy atom. The van der Waals surface area contributed by atoms with Gasteiger partial charge in [-0.2, -0.15) is 0 Å². The van der Waals surface area contributed by atoms with Crippen LogP contribution < -0.4 is 5.32 Å². The molecule has 1 heterocycles. The van der Waals surface area contributed by atoms with Crippen LogP contribution >= 0.6 is 0 Å². The first-order chi connectivity index (χ1) is 7.33. The van der Waals surface area contributed by atoms with Crippen molar-refractivity contribution in [1.82, 2.24) is 5.32 Å². The van der Waals surface area contributed by atoms with Gasteiger partial charge in [-0.25, -0.2) is 4.79 Å². The van der Waals surface area contributed by atoms with Gasteiger partial charge in [-0.05, 0) is 19.8 Å². The highest BCUT2D eigenvalue weighted by Crippen LogP contribution is 2.04. The molecule has 1 aliphatic rings. The maximum Gasteiger partial charge on any atom is 0.330 e. The largest absolute Gasteiger partial charge is 0.463 e. The quantitative estimate of drug-likeness (QED) is 0.544. The fourth-order valence-electron chi connectivity index (χ4n) is 1.48. The Labute approximate surface area is 90.6 Å². The molecule has 0 amide bonds. The molecule has 1 rings (SSSR count). The minimum Gasteiger partial charge on any atom is -0.463 e. The van der Waals surface area contributed by atoms with E-state index in [2.05, 4.69) is 5.32 Å². The van der Waals surface area contributed by atoms with Gasteiger partial charge in [0.15, 0.2) is 0 Å². The van der Waals surface area contributed by atoms with Gasteiger partial charge in [0.25, 0.3) is 0 Å². The average Bonchev–Trinajstić information content (AvgIpc) is 2.26. The molecule has 1 N–H and O–H groups in total. The molecule has 0 spiro atoms. The van der Waals surface area contributed by atoms with Crippen molar-refractivity contribution >= 4 is 5.97 Å². The lowest BCUT2D eigenvalue weighted by Gasteiger charge is -2.22. The summed E-state index contributed by atoms with van der Waals surface area (Å²) in [4.78, 5) is 10.9. The Balaban J connectivity index is 2.06. The number of hydrogen-bond acceptors (Lipinski definition) is 4. The third kappa shape index (κ3) is 5.54. The Morgan fingerprint density at radius 1 is 1.67 bits per heavy atom. The van der Waals surface area contributed by atoms with Gasteiger partial charge in [0.05, 0.1) is 13.2 Å². The predicted octanol–water partition coefficient (Wildman–Crippen LogP) is 0.874. The summed E-state index contributed by atoms with van der Waals surface area (Å²) in [5.41, 5.74) is 0. The molecule has 4 nitrogen and oxygen atoms in total. The average molecular weight is 213 g/mol. The Bertz CT molecular complexity index is 210. The lowest BCUT2D eigenvalue weighted by atomic mass is 10.1. The summed E-state index contributed by atoms with van der Waals surface area (Å²) in [5.74, 6) is -0.279. The van der Waals surface area contributed by atoms with Crippen molar-refractivity contribution in [3.05, 3.63) is 12.2 Å². The van der Waals surface area contributed by atoms with Crippen LogP contribution in [0.25, 0.3) is 0 Å². The molecule has 0 aliphatic carbocycles. The molecule has 0 aromatic heterocycles. The summed E-state index contributed by atoms with van der Waals surface area (Å²) in [6.45, 7) is 4.55. The van der Waals surface area contributed by atoms with Gasteiger partial charge in [-0.3, -0.25) is 0 Å². The number of carbonyl (C=O) groups is 1. The van der Waals surface area contributed by atoms with Crippen molar-refractivity contribution in [2.75, 3.05) is 26.4 Å². The van der Waals surface area contributed by atoms with Gasteiger partial charge in [0.1, 0.15) is 0 Å². The third-order valence-electron chi connectivity index (χ3n) is 2.23. The highest BCUT2D eigenvalue weighted by atomic mass is 16.5. The first-order valence-electron chi connectivity index (χ1n) is 5.47. The van der Waals surface area contributed by atoms with Crippen molar-refractivity contribution < 1.29 is 14.3 Å². The smallest absolute Gasteiger partial charge is 0.330 e. The molecule has 15 heavy (non-hydrogen) atoms. The molecule has 4 heteroatoms. The summed E-state index contributed by atoms with van der Waals surface area (Å²) in [6, 6.07) is 0.422. The molecule has 0 aromatic rings. The molecule has 1 aliphatic heterocycles. The fourth-order valence-corrected chi connectivity index (χ4v) is 1.48. The normalized spacial score (nSPS) is 21.8. The molecule has 1 fully saturated rings. The van der Waals surface area contributed by atoms with E-state index < -0.39 is 0 Å². The second-order valence-corrected chi connectivity index (χ2v) is 3.48. The summed E-state index contributed by atoms with van der Waals surface area (Å²) < 4.78 is 10.1. The van der Waals surface area contributed by atoms with E-state index in [9.17, 15) is 4.79 Å². The minimum absolute atomic E-state index is 0.279. The highest BCUT2D eigenvalue weighted by molar-refractivity contribution is 5.81. The van der Waals surface area contributed by atoms with Crippen LogP contribution in [-0.4, -0.2) is 38.4 Å². The van der Waals surface area contributed by atoms with Crippen LogP contribution in [0, 0.1) is 0 Å². The van der Waals surface area contributed by atoms with Gasteiger partial charge >= 0.3 is 5.97 Å². The number of hydrogen-bond donors (Lipinski definition) is 1. The highest BCUT2D eigenvalue weighted by Gasteiger charge is 2.11. The molecular weight excluding hydrogens is 194 g/mol. The van der Waals surface area contributed by atoms with E-state index in [0.29, 0.717) is 19.2 Å². The van der Waals surface area contributed by atoms with Gasteiger partial charge in [0, 0.05) is 25.3 Å². The SMILES string of the molecule is CCOC(=O)/C=C/CNC1CCCOC1. The van der Waals surface area contributed by atoms with Gasteiger partial charge in [0.2, 0.25) is 0 Å². The van der Waals surface area contributed by atoms with Crippen LogP contribution in [0.2, 0.25) is 0 Å². The molecule has 1 atom stereocenters. The van der Waals surface area contributed by atoms with E-state index >= 15 is 0 Å². The number of carbonyl (C=O) groups excluding carboxylic acids is 1. The summed E-state index contributed by atoms with van der Waals surface area (Å²) in [6.07, 6.45) is 5.50. The lowest BCUT2D eigenvalue weighted by molar-refractivity contribution is -0.137. The number of rotatable bonds is 5. The summed E-state index contributed by atoms with van der Waals surface area (Å²) in [5, 5.41) is 3.30. The van der Waals surface area contributed by atoms with Crippen molar-refractivity contribution in [3.8, 4) is 0 Å². The van der Waals surface area contributed by atoms with E-state index in [0.717, 1.165) is 26.1 Å². The molecular formula is C11H19NO3. The van der Waals surface area contributed by atoms with E-state index in [4.69, 9.17) is 9.47 Å². The van der Waals surface area contributed by atoms with Crippen LogP contribution in [0.3, 0.4) is 0 Å².